The summed E-state index contributed by atoms with van der Waals surface area (Å²) < 4.78 is 0. The van der Waals surface area contributed by atoms with Crippen molar-refractivity contribution in [1.29, 1.82) is 0 Å². The number of amides is 1. The smallest absolute Gasteiger partial charge is 0.322 e. The highest BCUT2D eigenvalue weighted by Crippen LogP contribution is 2.14. The third kappa shape index (κ3) is 3.79. The molecule has 2 N–H and O–H groups in total. The van der Waals surface area contributed by atoms with Crippen LogP contribution in [0, 0.1) is 0 Å². The van der Waals surface area contributed by atoms with Crippen LogP contribution in [0.3, 0.4) is 0 Å². The minimum absolute atomic E-state index is 0.128. The molecule has 5 heteroatoms. The molecule has 1 heterocycles. The van der Waals surface area contributed by atoms with Gasteiger partial charge in [0.05, 0.1) is 0 Å². The van der Waals surface area contributed by atoms with Crippen LogP contribution in [-0.2, 0) is 16.0 Å². The summed E-state index contributed by atoms with van der Waals surface area (Å²) in [6, 6.07) is 9.18. The Morgan fingerprint density at radius 1 is 1.32 bits per heavy atom. The predicted octanol–water partition coefficient (Wildman–Crippen LogP) is 1.20. The van der Waals surface area contributed by atoms with Gasteiger partial charge in [-0.3, -0.25) is 15.0 Å². The van der Waals surface area contributed by atoms with Crippen molar-refractivity contribution in [3.8, 4) is 0 Å². The summed E-state index contributed by atoms with van der Waals surface area (Å²) in [5.41, 5.74) is 3.80. The summed E-state index contributed by atoms with van der Waals surface area (Å²) in [5.74, 6) is -1.00. The average Bonchev–Trinajstić information content (AvgIpc) is 2.86. The fourth-order valence-electron chi connectivity index (χ4n) is 2.28. The van der Waals surface area contributed by atoms with E-state index in [4.69, 9.17) is 5.11 Å². The molecule has 1 aromatic carbocycles. The van der Waals surface area contributed by atoms with Crippen LogP contribution >= 0.6 is 0 Å². The summed E-state index contributed by atoms with van der Waals surface area (Å²) in [6.07, 6.45) is 2.43. The molecule has 2 rings (SSSR count). The molecule has 102 valence electrons. The van der Waals surface area contributed by atoms with E-state index in [1.54, 1.807) is 0 Å². The summed E-state index contributed by atoms with van der Waals surface area (Å²) in [7, 11) is 0. The van der Waals surface area contributed by atoms with Crippen molar-refractivity contribution in [3.05, 3.63) is 35.9 Å². The van der Waals surface area contributed by atoms with Crippen molar-refractivity contribution in [2.45, 2.75) is 31.7 Å². The van der Waals surface area contributed by atoms with Gasteiger partial charge in [0.1, 0.15) is 6.04 Å². The monoisotopic (exact) mass is 262 g/mol. The lowest BCUT2D eigenvalue weighted by atomic mass is 10.1. The highest BCUT2D eigenvalue weighted by molar-refractivity contribution is 5.78. The summed E-state index contributed by atoms with van der Waals surface area (Å²) in [6.45, 7) is 0.605. The summed E-state index contributed by atoms with van der Waals surface area (Å²) in [5, 5.41) is 10.5. The Hall–Kier alpha value is -1.88. The third-order valence-corrected chi connectivity index (χ3v) is 3.29. The third-order valence-electron chi connectivity index (χ3n) is 3.29. The maximum atomic E-state index is 11.8. The largest absolute Gasteiger partial charge is 0.480 e. The van der Waals surface area contributed by atoms with Gasteiger partial charge < -0.3 is 5.11 Å². The molecule has 1 atom stereocenters. The minimum atomic E-state index is -0.874. The number of aryl methyl sites for hydroxylation is 1. The quantitative estimate of drug-likeness (QED) is 0.836. The van der Waals surface area contributed by atoms with Crippen LogP contribution in [0.5, 0.6) is 0 Å². The number of benzene rings is 1. The zero-order valence-electron chi connectivity index (χ0n) is 10.7. The van der Waals surface area contributed by atoms with E-state index in [1.807, 2.05) is 30.3 Å². The molecule has 0 aromatic heterocycles. The number of carboxylic acids is 1. The van der Waals surface area contributed by atoms with E-state index >= 15 is 0 Å². The molecule has 0 aliphatic carbocycles. The van der Waals surface area contributed by atoms with Crippen molar-refractivity contribution >= 4 is 11.9 Å². The van der Waals surface area contributed by atoms with Crippen LogP contribution in [0.4, 0.5) is 0 Å². The fraction of sp³-hybridized carbons (Fsp3) is 0.429. The number of nitrogens with one attached hydrogen (secondary N) is 1. The number of carboxylic acid groups (broad SMARTS) is 1. The fourth-order valence-corrected chi connectivity index (χ4v) is 2.28. The van der Waals surface area contributed by atoms with Gasteiger partial charge >= 0.3 is 5.97 Å². The SMILES string of the molecule is O=C(CCc1ccccc1)NN1CCC[C@H]1C(=O)O. The van der Waals surface area contributed by atoms with E-state index in [9.17, 15) is 9.59 Å². The molecular formula is C14H18N2O3. The summed E-state index contributed by atoms with van der Waals surface area (Å²) >= 11 is 0. The van der Waals surface area contributed by atoms with Crippen LogP contribution in [0.15, 0.2) is 30.3 Å². The molecule has 0 bridgehead atoms. The molecule has 19 heavy (non-hydrogen) atoms. The Balaban J connectivity index is 1.80. The Morgan fingerprint density at radius 2 is 2.05 bits per heavy atom. The van der Waals surface area contributed by atoms with Gasteiger partial charge in [0.25, 0.3) is 0 Å². The predicted molar refractivity (Wildman–Crippen MR) is 70.3 cm³/mol. The zero-order chi connectivity index (χ0) is 13.7. The number of hydrogen-bond donors (Lipinski definition) is 2. The van der Waals surface area contributed by atoms with Gasteiger partial charge in [-0.05, 0) is 24.8 Å². The van der Waals surface area contributed by atoms with E-state index in [-0.39, 0.29) is 5.91 Å². The van der Waals surface area contributed by atoms with Crippen molar-refractivity contribution in [2.75, 3.05) is 6.54 Å². The van der Waals surface area contributed by atoms with Crippen molar-refractivity contribution in [1.82, 2.24) is 10.4 Å². The van der Waals surface area contributed by atoms with Crippen molar-refractivity contribution in [3.63, 3.8) is 0 Å². The van der Waals surface area contributed by atoms with Crippen LogP contribution in [0.1, 0.15) is 24.8 Å². The van der Waals surface area contributed by atoms with Gasteiger partial charge in [0, 0.05) is 13.0 Å². The second-order valence-electron chi connectivity index (χ2n) is 4.71. The van der Waals surface area contributed by atoms with Crippen LogP contribution in [-0.4, -0.2) is 34.6 Å². The lowest BCUT2D eigenvalue weighted by Crippen LogP contribution is -2.48. The lowest BCUT2D eigenvalue weighted by Gasteiger charge is -2.21. The first-order valence-electron chi connectivity index (χ1n) is 6.49. The minimum Gasteiger partial charge on any atom is -0.480 e. The van der Waals surface area contributed by atoms with Crippen molar-refractivity contribution < 1.29 is 14.7 Å². The molecule has 0 saturated carbocycles. The van der Waals surface area contributed by atoms with E-state index in [0.717, 1.165) is 12.0 Å². The number of nitrogens with zero attached hydrogens (tertiary/aromatic N) is 1. The van der Waals surface area contributed by atoms with Gasteiger partial charge in [-0.1, -0.05) is 30.3 Å². The molecular weight excluding hydrogens is 244 g/mol. The Labute approximate surface area is 112 Å². The molecule has 1 aliphatic heterocycles. The van der Waals surface area contributed by atoms with Gasteiger partial charge in [0.2, 0.25) is 5.91 Å². The van der Waals surface area contributed by atoms with Gasteiger partial charge in [-0.15, -0.1) is 0 Å². The molecule has 1 amide bonds. The first-order chi connectivity index (χ1) is 9.16. The van der Waals surface area contributed by atoms with E-state index in [2.05, 4.69) is 5.43 Å². The highest BCUT2D eigenvalue weighted by Gasteiger charge is 2.31. The van der Waals surface area contributed by atoms with Crippen molar-refractivity contribution in [2.24, 2.45) is 0 Å². The van der Waals surface area contributed by atoms with Crippen LogP contribution < -0.4 is 5.43 Å². The number of hydrogen-bond acceptors (Lipinski definition) is 3. The molecule has 5 nitrogen and oxygen atoms in total. The Kier molecular flexibility index (Phi) is 4.52. The number of rotatable bonds is 5. The number of carbonyl (C=O) groups excluding carboxylic acids is 1. The Morgan fingerprint density at radius 3 is 2.74 bits per heavy atom. The molecule has 0 radical (unpaired) electrons. The average molecular weight is 262 g/mol. The molecule has 1 fully saturated rings. The molecule has 1 saturated heterocycles. The maximum absolute atomic E-state index is 11.8. The van der Waals surface area contributed by atoms with Crippen LogP contribution in [0.25, 0.3) is 0 Å². The topological polar surface area (TPSA) is 69.6 Å². The zero-order valence-corrected chi connectivity index (χ0v) is 10.7. The second kappa shape index (κ2) is 6.33. The van der Waals surface area contributed by atoms with Gasteiger partial charge in [-0.25, -0.2) is 5.01 Å². The van der Waals surface area contributed by atoms with Gasteiger partial charge in [-0.2, -0.15) is 0 Å². The Bertz CT molecular complexity index is 447. The van der Waals surface area contributed by atoms with Gasteiger partial charge in [0.15, 0.2) is 0 Å². The lowest BCUT2D eigenvalue weighted by molar-refractivity contribution is -0.144. The highest BCUT2D eigenvalue weighted by atomic mass is 16.4. The second-order valence-corrected chi connectivity index (χ2v) is 4.71. The molecule has 1 aliphatic rings. The van der Waals surface area contributed by atoms with E-state index in [1.165, 1.54) is 5.01 Å². The molecule has 1 aromatic rings. The normalized spacial score (nSPS) is 19.3. The summed E-state index contributed by atoms with van der Waals surface area (Å²) in [4.78, 5) is 22.8. The standard InChI is InChI=1S/C14H18N2O3/c17-13(9-8-11-5-2-1-3-6-11)15-16-10-4-7-12(16)14(18)19/h1-3,5-6,12H,4,7-10H2,(H,15,17)(H,18,19)/t12-/m0/s1. The van der Waals surface area contributed by atoms with E-state index in [0.29, 0.717) is 25.8 Å². The maximum Gasteiger partial charge on any atom is 0.322 e. The number of aliphatic carboxylic acids is 1. The number of carbonyl (C=O) groups is 2. The molecule has 0 unspecified atom stereocenters. The van der Waals surface area contributed by atoms with Crippen LogP contribution in [0.2, 0.25) is 0 Å². The first-order valence-corrected chi connectivity index (χ1v) is 6.49. The first kappa shape index (κ1) is 13.5. The van der Waals surface area contributed by atoms with E-state index < -0.39 is 12.0 Å². The number of hydrazine groups is 1. The molecule has 0 spiro atoms.